The first-order valence-electron chi connectivity index (χ1n) is 19.2. The summed E-state index contributed by atoms with van der Waals surface area (Å²) < 4.78 is 4.80. The van der Waals surface area contributed by atoms with Crippen LogP contribution in [-0.2, 0) is 5.41 Å². The zero-order valence-electron chi connectivity index (χ0n) is 29.7. The van der Waals surface area contributed by atoms with Gasteiger partial charge in [0.2, 0.25) is 5.95 Å². The number of hydrogen-bond donors (Lipinski definition) is 0. The molecule has 2 aliphatic carbocycles. The van der Waals surface area contributed by atoms with E-state index < -0.39 is 0 Å². The molecule has 0 unspecified atom stereocenters. The molecule has 0 bridgehead atoms. The molecule has 1 fully saturated rings. The summed E-state index contributed by atoms with van der Waals surface area (Å²) in [6.07, 6.45) is 6.06. The fraction of sp³-hybridized carbons (Fsp3) is 0.120. The molecule has 1 saturated carbocycles. The van der Waals surface area contributed by atoms with Crippen LogP contribution in [0.5, 0.6) is 0 Å². The van der Waals surface area contributed by atoms with Gasteiger partial charge in [-0.25, -0.2) is 9.97 Å². The van der Waals surface area contributed by atoms with Gasteiger partial charge in [-0.05, 0) is 69.1 Å². The lowest BCUT2D eigenvalue weighted by Gasteiger charge is -2.36. The molecule has 3 nitrogen and oxygen atoms in total. The van der Waals surface area contributed by atoms with Crippen molar-refractivity contribution in [1.29, 1.82) is 0 Å². The molecule has 0 aliphatic heterocycles. The lowest BCUT2D eigenvalue weighted by molar-refractivity contribution is 0.354. The van der Waals surface area contributed by atoms with Crippen molar-refractivity contribution in [2.24, 2.45) is 0 Å². The minimum atomic E-state index is -0.0616. The molecule has 10 aromatic rings. The number of nitrogens with zero attached hydrogens (tertiary/aromatic N) is 3. The second-order valence-corrected chi connectivity index (χ2v) is 16.2. The highest BCUT2D eigenvalue weighted by Crippen LogP contribution is 2.61. The summed E-state index contributed by atoms with van der Waals surface area (Å²) in [5.74, 6) is 0.735. The highest BCUT2D eigenvalue weighted by molar-refractivity contribution is 7.26. The highest BCUT2D eigenvalue weighted by Gasteiger charge is 2.47. The van der Waals surface area contributed by atoms with Gasteiger partial charge in [-0.15, -0.1) is 11.3 Å². The summed E-state index contributed by atoms with van der Waals surface area (Å²) in [6.45, 7) is 0. The lowest BCUT2D eigenvalue weighted by Crippen LogP contribution is -2.28. The SMILES string of the molecule is c1ccc(-c2ccc(-c3nc(-n4c5ccccc5c5c6ccccc6c6c(c54)C4(CCCCC4)c4ccccc4-6)nc4c3sc3ccccc34)cc2)cc1. The lowest BCUT2D eigenvalue weighted by atomic mass is 9.67. The van der Waals surface area contributed by atoms with Crippen LogP contribution in [0.1, 0.15) is 43.2 Å². The Morgan fingerprint density at radius 3 is 2.02 bits per heavy atom. The highest BCUT2D eigenvalue weighted by atomic mass is 32.1. The van der Waals surface area contributed by atoms with Crippen molar-refractivity contribution < 1.29 is 0 Å². The van der Waals surface area contributed by atoms with Crippen LogP contribution in [0.3, 0.4) is 0 Å². The van der Waals surface area contributed by atoms with Crippen molar-refractivity contribution in [1.82, 2.24) is 14.5 Å². The van der Waals surface area contributed by atoms with Gasteiger partial charge >= 0.3 is 0 Å². The van der Waals surface area contributed by atoms with Gasteiger partial charge in [0.1, 0.15) is 0 Å². The maximum atomic E-state index is 5.66. The van der Waals surface area contributed by atoms with Crippen LogP contribution in [0.15, 0.2) is 152 Å². The minimum absolute atomic E-state index is 0.0616. The number of thiophene rings is 1. The third-order valence-electron chi connectivity index (χ3n) is 12.4. The minimum Gasteiger partial charge on any atom is -0.278 e. The number of para-hydroxylation sites is 1. The van der Waals surface area contributed by atoms with Crippen LogP contribution in [0.2, 0.25) is 0 Å². The molecule has 54 heavy (non-hydrogen) atoms. The van der Waals surface area contributed by atoms with Crippen LogP contribution < -0.4 is 0 Å². The van der Waals surface area contributed by atoms with Gasteiger partial charge in [0.15, 0.2) is 0 Å². The zero-order chi connectivity index (χ0) is 35.4. The molecule has 1 spiro atoms. The Hall–Kier alpha value is -6.10. The van der Waals surface area contributed by atoms with Gasteiger partial charge in [-0.2, -0.15) is 0 Å². The van der Waals surface area contributed by atoms with E-state index in [-0.39, 0.29) is 5.41 Å². The molecule has 3 aromatic heterocycles. The second-order valence-electron chi connectivity index (χ2n) is 15.2. The van der Waals surface area contributed by atoms with E-state index in [2.05, 4.69) is 156 Å². The monoisotopic (exact) mass is 709 g/mol. The second kappa shape index (κ2) is 11.4. The maximum Gasteiger partial charge on any atom is 0.235 e. The molecule has 12 rings (SSSR count). The summed E-state index contributed by atoms with van der Waals surface area (Å²) in [5, 5.41) is 6.38. The average molecular weight is 710 g/mol. The Labute approximate surface area is 317 Å². The van der Waals surface area contributed by atoms with E-state index in [1.165, 1.54) is 89.8 Å². The van der Waals surface area contributed by atoms with Crippen molar-refractivity contribution >= 4 is 64.2 Å². The van der Waals surface area contributed by atoms with Crippen LogP contribution in [0, 0.1) is 0 Å². The van der Waals surface area contributed by atoms with Gasteiger partial charge in [0, 0.05) is 31.8 Å². The fourth-order valence-corrected chi connectivity index (χ4v) is 11.3. The largest absolute Gasteiger partial charge is 0.278 e. The quantitative estimate of drug-likeness (QED) is 0.183. The molecule has 0 N–H and O–H groups in total. The first-order chi connectivity index (χ1) is 26.8. The van der Waals surface area contributed by atoms with E-state index >= 15 is 0 Å². The summed E-state index contributed by atoms with van der Waals surface area (Å²) >= 11 is 1.79. The third kappa shape index (κ3) is 4.12. The molecular formula is C50H35N3S. The number of benzene rings is 7. The summed E-state index contributed by atoms with van der Waals surface area (Å²) in [5.41, 5.74) is 13.6. The molecule has 256 valence electrons. The molecule has 3 heterocycles. The predicted octanol–water partition coefficient (Wildman–Crippen LogP) is 13.7. The molecule has 0 amide bonds. The number of aromatic nitrogens is 3. The number of fused-ring (bicyclic) bond motifs is 15. The van der Waals surface area contributed by atoms with Gasteiger partial charge in [0.25, 0.3) is 0 Å². The van der Waals surface area contributed by atoms with Crippen LogP contribution >= 0.6 is 11.3 Å². The Kier molecular flexibility index (Phi) is 6.44. The van der Waals surface area contributed by atoms with Gasteiger partial charge in [0.05, 0.1) is 26.9 Å². The molecule has 0 atom stereocenters. The molecule has 0 saturated heterocycles. The van der Waals surface area contributed by atoms with Crippen molar-refractivity contribution in [3.63, 3.8) is 0 Å². The summed E-state index contributed by atoms with van der Waals surface area (Å²) in [4.78, 5) is 11.3. The fourth-order valence-electron chi connectivity index (χ4n) is 10.1. The molecule has 0 radical (unpaired) electrons. The molecule has 4 heteroatoms. The van der Waals surface area contributed by atoms with Crippen molar-refractivity contribution in [2.75, 3.05) is 0 Å². The van der Waals surface area contributed by atoms with Gasteiger partial charge in [-0.1, -0.05) is 159 Å². The standard InChI is InChI=1S/C50H35N3S/c1-3-15-31(16-4-1)32-25-27-33(28-26-32)45-48-46(38-21-9-12-24-41(38)54-48)52-49(51-45)53-40-23-11-8-20-37(40)43-35-18-6-5-17-34(35)42-36-19-7-10-22-39(36)50(44(42)47(43)53)29-13-2-14-30-50/h1,3-12,15-28H,2,13-14,29-30H2. The van der Waals surface area contributed by atoms with E-state index in [4.69, 9.17) is 9.97 Å². The number of hydrogen-bond acceptors (Lipinski definition) is 3. The summed E-state index contributed by atoms with van der Waals surface area (Å²) in [6, 6.07) is 55.6. The first-order valence-corrected chi connectivity index (χ1v) is 20.0. The first kappa shape index (κ1) is 30.4. The van der Waals surface area contributed by atoms with Crippen LogP contribution in [0.4, 0.5) is 0 Å². The number of rotatable bonds is 3. The zero-order valence-corrected chi connectivity index (χ0v) is 30.5. The Balaban J connectivity index is 1.23. The topological polar surface area (TPSA) is 30.7 Å². The molecule has 7 aromatic carbocycles. The summed E-state index contributed by atoms with van der Waals surface area (Å²) in [7, 11) is 0. The normalized spacial score (nSPS) is 14.8. The smallest absolute Gasteiger partial charge is 0.235 e. The van der Waals surface area contributed by atoms with E-state index in [1.807, 2.05) is 0 Å². The third-order valence-corrected chi connectivity index (χ3v) is 13.6. The Morgan fingerprint density at radius 2 is 1.19 bits per heavy atom. The van der Waals surface area contributed by atoms with Crippen LogP contribution in [0.25, 0.3) is 92.3 Å². The molecular weight excluding hydrogens is 675 g/mol. The van der Waals surface area contributed by atoms with E-state index in [0.717, 1.165) is 45.8 Å². The maximum absolute atomic E-state index is 5.66. The van der Waals surface area contributed by atoms with Crippen molar-refractivity contribution in [3.05, 3.63) is 163 Å². The van der Waals surface area contributed by atoms with Crippen LogP contribution in [-0.4, -0.2) is 14.5 Å². The molecule has 2 aliphatic rings. The van der Waals surface area contributed by atoms with Gasteiger partial charge in [-0.3, -0.25) is 4.57 Å². The van der Waals surface area contributed by atoms with E-state index in [9.17, 15) is 0 Å². The van der Waals surface area contributed by atoms with Crippen molar-refractivity contribution in [2.45, 2.75) is 37.5 Å². The van der Waals surface area contributed by atoms with E-state index in [0.29, 0.717) is 0 Å². The average Bonchev–Trinajstić information content (AvgIpc) is 3.88. The van der Waals surface area contributed by atoms with E-state index in [1.54, 1.807) is 11.3 Å². The Morgan fingerprint density at radius 1 is 0.537 bits per heavy atom. The van der Waals surface area contributed by atoms with Gasteiger partial charge < -0.3 is 0 Å². The Bertz CT molecular complexity index is 3130. The predicted molar refractivity (Wildman–Crippen MR) is 227 cm³/mol. The van der Waals surface area contributed by atoms with Crippen molar-refractivity contribution in [3.8, 4) is 39.5 Å².